The molecule has 4 heteroatoms. The third-order valence-electron chi connectivity index (χ3n) is 4.22. The second kappa shape index (κ2) is 6.31. The molecule has 21 heavy (non-hydrogen) atoms. The van der Waals surface area contributed by atoms with E-state index in [0.717, 1.165) is 42.5 Å². The second-order valence-corrected chi connectivity index (χ2v) is 5.76. The van der Waals surface area contributed by atoms with Crippen LogP contribution in [-0.2, 0) is 0 Å². The highest BCUT2D eigenvalue weighted by atomic mass is 16.7. The van der Waals surface area contributed by atoms with Gasteiger partial charge in [-0.2, -0.15) is 4.73 Å². The van der Waals surface area contributed by atoms with Crippen LogP contribution < -0.4 is 10.2 Å². The number of hydrogen-bond acceptors (Lipinski definition) is 3. The third kappa shape index (κ3) is 3.10. The molecule has 1 saturated heterocycles. The first kappa shape index (κ1) is 14.1. The summed E-state index contributed by atoms with van der Waals surface area (Å²) in [7, 11) is 0. The zero-order valence-electron chi connectivity index (χ0n) is 12.8. The van der Waals surface area contributed by atoms with Crippen LogP contribution in [0.4, 0.5) is 0 Å². The minimum atomic E-state index is 0.636. The summed E-state index contributed by atoms with van der Waals surface area (Å²) in [6, 6.07) is 10.2. The van der Waals surface area contributed by atoms with Crippen LogP contribution in [-0.4, -0.2) is 29.4 Å². The van der Waals surface area contributed by atoms with Crippen molar-refractivity contribution < 1.29 is 4.84 Å². The van der Waals surface area contributed by atoms with Crippen LogP contribution in [0, 0.1) is 19.8 Å². The van der Waals surface area contributed by atoms with Crippen LogP contribution in [0.1, 0.15) is 24.2 Å². The van der Waals surface area contributed by atoms with Gasteiger partial charge in [-0.05, 0) is 45.7 Å². The van der Waals surface area contributed by atoms with Crippen molar-refractivity contribution in [3.05, 3.63) is 41.7 Å². The smallest absolute Gasteiger partial charge is 0.176 e. The topological polar surface area (TPSA) is 39.1 Å². The van der Waals surface area contributed by atoms with E-state index in [9.17, 15) is 0 Å². The number of imidazole rings is 1. The summed E-state index contributed by atoms with van der Waals surface area (Å²) in [4.78, 5) is 10.8. The van der Waals surface area contributed by atoms with Gasteiger partial charge >= 0.3 is 0 Å². The zero-order chi connectivity index (χ0) is 14.7. The Morgan fingerprint density at radius 1 is 1.19 bits per heavy atom. The molecule has 0 saturated carbocycles. The second-order valence-electron chi connectivity index (χ2n) is 5.76. The lowest BCUT2D eigenvalue weighted by Crippen LogP contribution is -2.32. The zero-order valence-corrected chi connectivity index (χ0v) is 12.8. The van der Waals surface area contributed by atoms with Gasteiger partial charge in [0.05, 0.1) is 11.4 Å². The van der Waals surface area contributed by atoms with E-state index in [-0.39, 0.29) is 0 Å². The quantitative estimate of drug-likeness (QED) is 0.938. The molecule has 2 heterocycles. The summed E-state index contributed by atoms with van der Waals surface area (Å²) in [5.41, 5.74) is 3.21. The highest BCUT2D eigenvalue weighted by Crippen LogP contribution is 2.21. The van der Waals surface area contributed by atoms with Crippen LogP contribution in [0.5, 0.6) is 0 Å². The molecule has 1 fully saturated rings. The lowest BCUT2D eigenvalue weighted by atomic mass is 10.00. The van der Waals surface area contributed by atoms with Gasteiger partial charge in [0.2, 0.25) is 0 Å². The van der Waals surface area contributed by atoms with E-state index < -0.39 is 0 Å². The number of nitrogens with zero attached hydrogens (tertiary/aromatic N) is 2. The van der Waals surface area contributed by atoms with Gasteiger partial charge in [0, 0.05) is 5.56 Å². The van der Waals surface area contributed by atoms with Crippen molar-refractivity contribution in [2.45, 2.75) is 26.7 Å². The number of aryl methyl sites for hydroxylation is 1. The predicted molar refractivity (Wildman–Crippen MR) is 84.2 cm³/mol. The van der Waals surface area contributed by atoms with E-state index in [4.69, 9.17) is 4.84 Å². The van der Waals surface area contributed by atoms with E-state index in [1.807, 2.05) is 29.9 Å². The molecule has 1 aromatic carbocycles. The van der Waals surface area contributed by atoms with Crippen molar-refractivity contribution in [3.8, 4) is 11.4 Å². The maximum Gasteiger partial charge on any atom is 0.176 e. The monoisotopic (exact) mass is 285 g/mol. The number of piperidine rings is 1. The Labute approximate surface area is 126 Å². The van der Waals surface area contributed by atoms with Crippen molar-refractivity contribution >= 4 is 0 Å². The predicted octanol–water partition coefficient (Wildman–Crippen LogP) is 2.60. The molecule has 112 valence electrons. The number of benzene rings is 1. The van der Waals surface area contributed by atoms with Gasteiger partial charge in [-0.15, -0.1) is 0 Å². The van der Waals surface area contributed by atoms with Gasteiger partial charge < -0.3 is 10.2 Å². The normalized spacial score (nSPS) is 16.1. The van der Waals surface area contributed by atoms with Gasteiger partial charge in [-0.1, -0.05) is 30.3 Å². The molecule has 1 aliphatic heterocycles. The Bertz CT molecular complexity index is 586. The molecular formula is C17H23N3O. The lowest BCUT2D eigenvalue weighted by Gasteiger charge is -2.23. The average Bonchev–Trinajstić information content (AvgIpc) is 2.82. The Balaban J connectivity index is 1.80. The number of aromatic nitrogens is 2. The van der Waals surface area contributed by atoms with Crippen molar-refractivity contribution in [3.63, 3.8) is 0 Å². The highest BCUT2D eigenvalue weighted by molar-refractivity contribution is 5.56. The van der Waals surface area contributed by atoms with E-state index in [0.29, 0.717) is 5.92 Å². The number of rotatable bonds is 4. The Kier molecular flexibility index (Phi) is 4.25. The fourth-order valence-electron chi connectivity index (χ4n) is 2.75. The summed E-state index contributed by atoms with van der Waals surface area (Å²) >= 11 is 0. The summed E-state index contributed by atoms with van der Waals surface area (Å²) in [5, 5.41) is 3.39. The Morgan fingerprint density at radius 2 is 1.90 bits per heavy atom. The summed E-state index contributed by atoms with van der Waals surface area (Å²) in [5.74, 6) is 1.54. The van der Waals surface area contributed by atoms with Gasteiger partial charge in [0.1, 0.15) is 6.61 Å². The van der Waals surface area contributed by atoms with Crippen molar-refractivity contribution in [1.82, 2.24) is 15.0 Å². The molecule has 2 aromatic rings. The van der Waals surface area contributed by atoms with Crippen LogP contribution in [0.2, 0.25) is 0 Å². The SMILES string of the molecule is Cc1nc(-c2ccccc2)n(OCC2CCNCC2)c1C. The van der Waals surface area contributed by atoms with Crippen LogP contribution >= 0.6 is 0 Å². The molecule has 0 bridgehead atoms. The van der Waals surface area contributed by atoms with Gasteiger partial charge in [-0.25, -0.2) is 4.98 Å². The van der Waals surface area contributed by atoms with Crippen LogP contribution in [0.3, 0.4) is 0 Å². The molecule has 0 aliphatic carbocycles. The fraction of sp³-hybridized carbons (Fsp3) is 0.471. The van der Waals surface area contributed by atoms with Gasteiger partial charge in [0.15, 0.2) is 5.82 Å². The van der Waals surface area contributed by atoms with Gasteiger partial charge in [0.25, 0.3) is 0 Å². The molecule has 3 rings (SSSR count). The maximum atomic E-state index is 6.11. The molecular weight excluding hydrogens is 262 g/mol. The minimum Gasteiger partial charge on any atom is -0.412 e. The minimum absolute atomic E-state index is 0.636. The van der Waals surface area contributed by atoms with Crippen molar-refractivity contribution in [2.24, 2.45) is 5.92 Å². The van der Waals surface area contributed by atoms with E-state index in [2.05, 4.69) is 29.4 Å². The Hall–Kier alpha value is -1.81. The van der Waals surface area contributed by atoms with Crippen LogP contribution in [0.25, 0.3) is 11.4 Å². The molecule has 0 spiro atoms. The molecule has 1 aliphatic rings. The first-order valence-corrected chi connectivity index (χ1v) is 7.71. The molecule has 0 unspecified atom stereocenters. The molecule has 4 nitrogen and oxygen atoms in total. The van der Waals surface area contributed by atoms with E-state index in [1.165, 1.54) is 12.8 Å². The highest BCUT2D eigenvalue weighted by Gasteiger charge is 2.17. The van der Waals surface area contributed by atoms with Crippen LogP contribution in [0.15, 0.2) is 30.3 Å². The summed E-state index contributed by atoms with van der Waals surface area (Å²) in [6.45, 7) is 7.06. The molecule has 0 radical (unpaired) electrons. The van der Waals surface area contributed by atoms with Gasteiger partial charge in [-0.3, -0.25) is 0 Å². The Morgan fingerprint density at radius 3 is 2.62 bits per heavy atom. The summed E-state index contributed by atoms with van der Waals surface area (Å²) in [6.07, 6.45) is 2.38. The number of nitrogens with one attached hydrogen (secondary N) is 1. The van der Waals surface area contributed by atoms with E-state index >= 15 is 0 Å². The van der Waals surface area contributed by atoms with E-state index in [1.54, 1.807) is 0 Å². The standard InChI is InChI=1S/C17H23N3O/c1-13-14(2)20(21-12-15-8-10-18-11-9-15)17(19-13)16-6-4-3-5-7-16/h3-7,15,18H,8-12H2,1-2H3. The fourth-order valence-corrected chi connectivity index (χ4v) is 2.75. The number of hydrogen-bond donors (Lipinski definition) is 1. The average molecular weight is 285 g/mol. The first-order valence-electron chi connectivity index (χ1n) is 7.71. The third-order valence-corrected chi connectivity index (χ3v) is 4.22. The summed E-state index contributed by atoms with van der Waals surface area (Å²) < 4.78 is 1.91. The molecule has 1 aromatic heterocycles. The molecule has 1 N–H and O–H groups in total. The molecule has 0 atom stereocenters. The van der Waals surface area contributed by atoms with Crippen molar-refractivity contribution in [2.75, 3.05) is 19.7 Å². The maximum absolute atomic E-state index is 6.11. The van der Waals surface area contributed by atoms with Crippen molar-refractivity contribution in [1.29, 1.82) is 0 Å². The first-order chi connectivity index (χ1) is 10.3. The largest absolute Gasteiger partial charge is 0.412 e. The molecule has 0 amide bonds. The lowest BCUT2D eigenvalue weighted by molar-refractivity contribution is 0.0696.